The highest BCUT2D eigenvalue weighted by Gasteiger charge is 2.61. The zero-order valence-electron chi connectivity index (χ0n) is 28.1. The fourth-order valence-corrected chi connectivity index (χ4v) is 8.34. The van der Waals surface area contributed by atoms with Crippen molar-refractivity contribution in [3.63, 3.8) is 0 Å². The number of nitrogens with zero attached hydrogens (tertiary/aromatic N) is 1. The molecule has 8 heteroatoms. The summed E-state index contributed by atoms with van der Waals surface area (Å²) in [7, 11) is 0. The van der Waals surface area contributed by atoms with Crippen LogP contribution in [0.1, 0.15) is 90.9 Å². The van der Waals surface area contributed by atoms with E-state index in [0.29, 0.717) is 18.4 Å². The third-order valence-electron chi connectivity index (χ3n) is 10.9. The summed E-state index contributed by atoms with van der Waals surface area (Å²) in [5.74, 6) is -0.172. The summed E-state index contributed by atoms with van der Waals surface area (Å²) in [6, 6.07) is 17.2. The summed E-state index contributed by atoms with van der Waals surface area (Å²) in [6.45, 7) is 12.5. The average molecular weight is 644 g/mol. The van der Waals surface area contributed by atoms with Crippen LogP contribution in [0.15, 0.2) is 60.7 Å². The van der Waals surface area contributed by atoms with Gasteiger partial charge in [0.2, 0.25) is 11.8 Å². The minimum Gasteiger partial charge on any atom is -0.358 e. The molecule has 4 aromatic rings. The molecule has 1 heterocycles. The van der Waals surface area contributed by atoms with E-state index in [1.54, 1.807) is 4.90 Å². The molecule has 0 saturated heterocycles. The van der Waals surface area contributed by atoms with E-state index in [4.69, 9.17) is 0 Å². The predicted molar refractivity (Wildman–Crippen MR) is 180 cm³/mol. The predicted octanol–water partition coefficient (Wildman–Crippen LogP) is 9.53. The number of aromatic amines is 1. The number of amides is 2. The lowest BCUT2D eigenvalue weighted by Gasteiger charge is -2.41. The van der Waals surface area contributed by atoms with Gasteiger partial charge in [0.25, 0.3) is 0 Å². The normalized spacial score (nSPS) is 19.9. The number of nitrogens with one attached hydrogen (secondary N) is 2. The second kappa shape index (κ2) is 11.9. The molecule has 2 aliphatic carbocycles. The number of hydrogen-bond acceptors (Lipinski definition) is 2. The van der Waals surface area contributed by atoms with Gasteiger partial charge in [-0.05, 0) is 98.2 Å². The second-order valence-electron chi connectivity index (χ2n) is 14.5. The highest BCUT2D eigenvalue weighted by atomic mass is 19.4. The first-order chi connectivity index (χ1) is 22.1. The maximum atomic E-state index is 14.7. The topological polar surface area (TPSA) is 65.2 Å². The number of alkyl halides is 3. The van der Waals surface area contributed by atoms with E-state index < -0.39 is 17.3 Å². The largest absolute Gasteiger partial charge is 0.416 e. The molecule has 5 nitrogen and oxygen atoms in total. The monoisotopic (exact) mass is 643 g/mol. The molecule has 0 radical (unpaired) electrons. The van der Waals surface area contributed by atoms with E-state index in [9.17, 15) is 22.8 Å². The molecule has 47 heavy (non-hydrogen) atoms. The Labute approximate surface area is 274 Å². The minimum absolute atomic E-state index is 0.0473. The lowest BCUT2D eigenvalue weighted by molar-refractivity contribution is -0.146. The first-order valence-electron chi connectivity index (χ1n) is 16.6. The van der Waals surface area contributed by atoms with Crippen LogP contribution in [-0.4, -0.2) is 27.2 Å². The van der Waals surface area contributed by atoms with Crippen molar-refractivity contribution in [1.29, 1.82) is 0 Å². The average Bonchev–Trinajstić information content (AvgIpc) is 3.34. The van der Waals surface area contributed by atoms with Crippen molar-refractivity contribution in [2.24, 2.45) is 11.3 Å². The molecular weight excluding hydrogens is 599 g/mol. The Hall–Kier alpha value is -4.07. The Morgan fingerprint density at radius 3 is 2.17 bits per heavy atom. The first kappa shape index (κ1) is 32.9. The van der Waals surface area contributed by atoms with Crippen LogP contribution in [0.25, 0.3) is 10.9 Å². The van der Waals surface area contributed by atoms with Gasteiger partial charge in [-0.2, -0.15) is 13.2 Å². The zero-order chi connectivity index (χ0) is 33.9. The Morgan fingerprint density at radius 2 is 1.55 bits per heavy atom. The molecule has 6 rings (SSSR count). The molecule has 0 spiro atoms. The number of benzene rings is 3. The Morgan fingerprint density at radius 1 is 0.936 bits per heavy atom. The number of hydrogen-bond donors (Lipinski definition) is 2. The number of aromatic nitrogens is 1. The van der Waals surface area contributed by atoms with Crippen LogP contribution < -0.4 is 5.32 Å². The molecule has 1 aromatic heterocycles. The smallest absolute Gasteiger partial charge is 0.358 e. The van der Waals surface area contributed by atoms with Gasteiger partial charge in [0.15, 0.2) is 0 Å². The highest BCUT2D eigenvalue weighted by Crippen LogP contribution is 2.67. The number of fused-ring (bicyclic) bond motifs is 1. The lowest BCUT2D eigenvalue weighted by Crippen LogP contribution is -2.57. The van der Waals surface area contributed by atoms with Crippen molar-refractivity contribution >= 4 is 28.4 Å². The van der Waals surface area contributed by atoms with Crippen molar-refractivity contribution in [2.45, 2.75) is 97.8 Å². The van der Waals surface area contributed by atoms with E-state index in [2.05, 4.69) is 43.2 Å². The summed E-state index contributed by atoms with van der Waals surface area (Å²) in [4.78, 5) is 34.3. The van der Waals surface area contributed by atoms with Crippen LogP contribution in [0, 0.1) is 39.0 Å². The molecule has 0 unspecified atom stereocenters. The Balaban J connectivity index is 1.35. The molecule has 0 aliphatic heterocycles. The Kier molecular flexibility index (Phi) is 8.30. The van der Waals surface area contributed by atoms with Gasteiger partial charge in [-0.3, -0.25) is 9.59 Å². The first-order valence-corrected chi connectivity index (χ1v) is 16.6. The van der Waals surface area contributed by atoms with Gasteiger partial charge in [-0.15, -0.1) is 0 Å². The number of H-pyrrole nitrogens is 1. The van der Waals surface area contributed by atoms with Crippen LogP contribution in [0.3, 0.4) is 0 Å². The maximum Gasteiger partial charge on any atom is 0.416 e. The molecular formula is C39H44F3N3O2. The maximum absolute atomic E-state index is 14.7. The number of carbonyl (C=O) groups is 2. The summed E-state index contributed by atoms with van der Waals surface area (Å²) in [5.41, 5.74) is 5.69. The molecule has 3 aromatic carbocycles. The van der Waals surface area contributed by atoms with E-state index in [-0.39, 0.29) is 42.0 Å². The molecule has 248 valence electrons. The van der Waals surface area contributed by atoms with Gasteiger partial charge in [0.1, 0.15) is 5.54 Å². The third kappa shape index (κ3) is 5.96. The van der Waals surface area contributed by atoms with Gasteiger partial charge >= 0.3 is 6.18 Å². The van der Waals surface area contributed by atoms with Crippen LogP contribution >= 0.6 is 0 Å². The van der Waals surface area contributed by atoms with Gasteiger partial charge in [0, 0.05) is 35.2 Å². The van der Waals surface area contributed by atoms with Crippen LogP contribution in [0.2, 0.25) is 0 Å². The quantitative estimate of drug-likeness (QED) is 0.201. The van der Waals surface area contributed by atoms with E-state index in [0.717, 1.165) is 63.9 Å². The number of carbonyl (C=O) groups excluding carboxylic acids is 2. The van der Waals surface area contributed by atoms with Gasteiger partial charge in [-0.25, -0.2) is 0 Å². The summed E-state index contributed by atoms with van der Waals surface area (Å²) in [5, 5.41) is 4.36. The van der Waals surface area contributed by atoms with Gasteiger partial charge < -0.3 is 15.2 Å². The van der Waals surface area contributed by atoms with Crippen molar-refractivity contribution < 1.29 is 22.8 Å². The SMILES string of the molecule is Cc1cc(C)c(NC(=O)C2(N(Cc3ccc(C(F)(F)F)cc3)C(=O)C[C@H]3[C@@H](c4c(C)[nH]c5ccccc45)C3(C)C)CCCC2)c(C)c1. The van der Waals surface area contributed by atoms with Crippen molar-refractivity contribution in [3.05, 3.63) is 99.7 Å². The molecule has 0 bridgehead atoms. The highest BCUT2D eigenvalue weighted by molar-refractivity contribution is 6.02. The van der Waals surface area contributed by atoms with Crippen molar-refractivity contribution in [1.82, 2.24) is 9.88 Å². The lowest BCUT2D eigenvalue weighted by atomic mass is 9.91. The number of halogens is 3. The molecule has 2 aliphatic rings. The van der Waals surface area contributed by atoms with Gasteiger partial charge in [0.05, 0.1) is 5.56 Å². The van der Waals surface area contributed by atoms with Crippen LogP contribution in [-0.2, 0) is 22.3 Å². The fourth-order valence-electron chi connectivity index (χ4n) is 8.34. The number of rotatable bonds is 8. The molecule has 2 amide bonds. The van der Waals surface area contributed by atoms with E-state index >= 15 is 0 Å². The molecule has 2 atom stereocenters. The van der Waals surface area contributed by atoms with Gasteiger partial charge in [-0.1, -0.05) is 74.7 Å². The summed E-state index contributed by atoms with van der Waals surface area (Å²) >= 11 is 0. The van der Waals surface area contributed by atoms with E-state index in [1.165, 1.54) is 17.7 Å². The van der Waals surface area contributed by atoms with Crippen molar-refractivity contribution in [3.8, 4) is 0 Å². The third-order valence-corrected chi connectivity index (χ3v) is 10.9. The number of para-hydroxylation sites is 1. The standard InChI is InChI=1S/C39H44F3N3O2/c1-23-19-24(2)35(25(3)20-23)44-36(47)38(17-9-10-18-38)45(22-27-13-15-28(16-14-27)39(40,41)42)32(46)21-30-34(37(30,5)6)33-26(4)43-31-12-8-7-11-29(31)33/h7-8,11-16,19-20,30,34,43H,9-10,17-18,21-22H2,1-6H3,(H,44,47)/t30-,34-/m0/s1. The number of anilines is 1. The molecule has 2 saturated carbocycles. The van der Waals surface area contributed by atoms with Crippen molar-refractivity contribution in [2.75, 3.05) is 5.32 Å². The minimum atomic E-state index is -4.46. The zero-order valence-corrected chi connectivity index (χ0v) is 28.1. The molecule has 2 fully saturated rings. The number of aryl methyl sites for hydroxylation is 4. The molecule has 2 N–H and O–H groups in total. The van der Waals surface area contributed by atoms with E-state index in [1.807, 2.05) is 45.0 Å². The Bertz CT molecular complexity index is 1810. The second-order valence-corrected chi connectivity index (χ2v) is 14.5. The summed E-state index contributed by atoms with van der Waals surface area (Å²) < 4.78 is 40.2. The van der Waals surface area contributed by atoms with Crippen LogP contribution in [0.5, 0.6) is 0 Å². The summed E-state index contributed by atoms with van der Waals surface area (Å²) in [6.07, 6.45) is -1.67. The van der Waals surface area contributed by atoms with Crippen LogP contribution in [0.4, 0.5) is 18.9 Å². The fraction of sp³-hybridized carbons (Fsp3) is 0.436.